The van der Waals surface area contributed by atoms with Crippen LogP contribution in [0.5, 0.6) is 0 Å². The van der Waals surface area contributed by atoms with Crippen LogP contribution in [-0.4, -0.2) is 18.0 Å². The number of pyridine rings is 1. The summed E-state index contributed by atoms with van der Waals surface area (Å²) in [5.74, 6) is 0. The van der Waals surface area contributed by atoms with Crippen molar-refractivity contribution in [2.45, 2.75) is 8.63 Å². The quantitative estimate of drug-likeness (QED) is 0.641. The lowest BCUT2D eigenvalue weighted by Crippen LogP contribution is -2.05. The predicted octanol–water partition coefficient (Wildman–Crippen LogP) is 3.27. The molecule has 17 heavy (non-hydrogen) atoms. The molecule has 0 saturated heterocycles. The van der Waals surface area contributed by atoms with Gasteiger partial charge < -0.3 is 0 Å². The van der Waals surface area contributed by atoms with E-state index in [-0.39, 0.29) is 10.6 Å². The number of hydrogen-bond acceptors (Lipinski definition) is 3. The fourth-order valence-corrected chi connectivity index (χ4v) is 3.18. The lowest BCUT2D eigenvalue weighted by Gasteiger charge is -2.09. The molecule has 1 N–H and O–H groups in total. The lowest BCUT2D eigenvalue weighted by molar-refractivity contribution is 0.482. The highest BCUT2D eigenvalue weighted by atomic mass is 79.9. The summed E-state index contributed by atoms with van der Waals surface area (Å²) in [7, 11) is -4.29. The minimum Gasteiger partial charge on any atom is -0.282 e. The summed E-state index contributed by atoms with van der Waals surface area (Å²) in [6.45, 7) is 0. The van der Waals surface area contributed by atoms with Gasteiger partial charge in [-0.2, -0.15) is 8.42 Å². The second-order valence-corrected chi connectivity index (χ2v) is 7.79. The minimum atomic E-state index is -4.29. The second kappa shape index (κ2) is 4.64. The van der Waals surface area contributed by atoms with E-state index >= 15 is 0 Å². The van der Waals surface area contributed by atoms with E-state index in [1.165, 1.54) is 6.07 Å². The molecule has 1 heterocycles. The third kappa shape index (κ3) is 2.67. The van der Waals surface area contributed by atoms with Crippen molar-refractivity contribution in [2.75, 3.05) is 0 Å². The molecule has 0 unspecified atom stereocenters. The summed E-state index contributed by atoms with van der Waals surface area (Å²) in [5, 5.41) is 0.657. The van der Waals surface area contributed by atoms with Crippen molar-refractivity contribution >= 4 is 52.9 Å². The number of nitrogens with zero attached hydrogens (tertiary/aromatic N) is 1. The smallest absolute Gasteiger partial charge is 0.282 e. The molecule has 4 nitrogen and oxygen atoms in total. The van der Waals surface area contributed by atoms with E-state index in [4.69, 9.17) is 4.55 Å². The zero-order valence-electron chi connectivity index (χ0n) is 8.34. The fourth-order valence-electron chi connectivity index (χ4n) is 1.47. The maximum absolute atomic E-state index is 11.3. The first-order valence-electron chi connectivity index (χ1n) is 4.55. The number of halogens is 2. The number of rotatable bonds is 2. The van der Waals surface area contributed by atoms with E-state index < -0.39 is 13.9 Å². The summed E-state index contributed by atoms with van der Waals surface area (Å²) in [6, 6.07) is 8.50. The number of alkyl halides is 2. The van der Waals surface area contributed by atoms with E-state index in [9.17, 15) is 8.42 Å². The van der Waals surface area contributed by atoms with Crippen molar-refractivity contribution in [3.63, 3.8) is 0 Å². The molecule has 1 aromatic carbocycles. The molecule has 2 rings (SSSR count). The van der Waals surface area contributed by atoms with Gasteiger partial charge in [0.2, 0.25) is 0 Å². The highest BCUT2D eigenvalue weighted by Gasteiger charge is 2.21. The van der Waals surface area contributed by atoms with Crippen LogP contribution in [0.1, 0.15) is 9.43 Å². The Morgan fingerprint density at radius 2 is 1.88 bits per heavy atom. The average molecular weight is 381 g/mol. The Morgan fingerprint density at radius 1 is 1.24 bits per heavy atom. The van der Waals surface area contributed by atoms with Crippen molar-refractivity contribution < 1.29 is 13.0 Å². The highest BCUT2D eigenvalue weighted by molar-refractivity contribution is 9.24. The van der Waals surface area contributed by atoms with Crippen LogP contribution in [0, 0.1) is 0 Å². The van der Waals surface area contributed by atoms with Gasteiger partial charge in [-0.1, -0.05) is 50.1 Å². The van der Waals surface area contributed by atoms with Gasteiger partial charge in [0.05, 0.1) is 11.2 Å². The Labute approximate surface area is 115 Å². The summed E-state index contributed by atoms with van der Waals surface area (Å²) in [4.78, 5) is 4.01. The van der Waals surface area contributed by atoms with Gasteiger partial charge in [-0.05, 0) is 12.1 Å². The predicted molar refractivity (Wildman–Crippen MR) is 72.2 cm³/mol. The van der Waals surface area contributed by atoms with Crippen LogP contribution in [0.15, 0.2) is 35.2 Å². The fraction of sp³-hybridized carbons (Fsp3) is 0.100. The Bertz CT molecular complexity index is 670. The van der Waals surface area contributed by atoms with E-state index in [0.29, 0.717) is 10.9 Å². The first-order valence-corrected chi connectivity index (χ1v) is 7.82. The van der Waals surface area contributed by atoms with Crippen molar-refractivity contribution in [1.29, 1.82) is 0 Å². The topological polar surface area (TPSA) is 67.3 Å². The number of aromatic nitrogens is 1. The Hall–Kier alpha value is -0.500. The third-order valence-electron chi connectivity index (χ3n) is 2.20. The van der Waals surface area contributed by atoms with Gasteiger partial charge in [-0.3, -0.25) is 4.55 Å². The summed E-state index contributed by atoms with van der Waals surface area (Å²) in [6.07, 6.45) is 0. The van der Waals surface area contributed by atoms with Gasteiger partial charge in [0.1, 0.15) is 8.63 Å². The monoisotopic (exact) mass is 379 g/mol. The molecule has 90 valence electrons. The zero-order chi connectivity index (χ0) is 12.6. The van der Waals surface area contributed by atoms with E-state index in [0.717, 1.165) is 0 Å². The molecular formula is C10H7Br2NO3S. The molecule has 0 saturated carbocycles. The summed E-state index contributed by atoms with van der Waals surface area (Å²) < 4.78 is 31.3. The van der Waals surface area contributed by atoms with E-state index in [2.05, 4.69) is 36.8 Å². The van der Waals surface area contributed by atoms with Crippen LogP contribution in [-0.2, 0) is 10.1 Å². The standard InChI is InChI=1S/C10H7Br2NO3S/c11-10(12)9-8(17(14,15)16)5-6-3-1-2-4-7(6)13-9/h1-5,10H,(H,14,15,16). The molecule has 7 heteroatoms. The largest absolute Gasteiger partial charge is 0.296 e. The second-order valence-electron chi connectivity index (χ2n) is 3.34. The highest BCUT2D eigenvalue weighted by Crippen LogP contribution is 2.34. The Balaban J connectivity index is 2.85. The molecule has 0 bridgehead atoms. The van der Waals surface area contributed by atoms with Crippen LogP contribution in [0.4, 0.5) is 0 Å². The molecule has 0 radical (unpaired) electrons. The van der Waals surface area contributed by atoms with Gasteiger partial charge in [0, 0.05) is 5.39 Å². The molecule has 0 atom stereocenters. The SMILES string of the molecule is O=S(=O)(O)c1cc2ccccc2nc1C(Br)Br. The molecule has 2 aromatic rings. The zero-order valence-corrected chi connectivity index (χ0v) is 12.3. The molecular weight excluding hydrogens is 374 g/mol. The normalized spacial score (nSPS) is 12.2. The molecule has 1 aromatic heterocycles. The van der Waals surface area contributed by atoms with Gasteiger partial charge in [0.15, 0.2) is 0 Å². The molecule has 0 fully saturated rings. The van der Waals surface area contributed by atoms with E-state index in [1.54, 1.807) is 18.2 Å². The average Bonchev–Trinajstić information content (AvgIpc) is 2.26. The van der Waals surface area contributed by atoms with Crippen LogP contribution in [0.3, 0.4) is 0 Å². The van der Waals surface area contributed by atoms with Gasteiger partial charge in [-0.25, -0.2) is 4.98 Å². The molecule has 0 aliphatic heterocycles. The maximum atomic E-state index is 11.3. The lowest BCUT2D eigenvalue weighted by atomic mass is 10.2. The summed E-state index contributed by atoms with van der Waals surface area (Å²) >= 11 is 6.38. The maximum Gasteiger partial charge on any atom is 0.296 e. The van der Waals surface area contributed by atoms with Crippen LogP contribution < -0.4 is 0 Å². The van der Waals surface area contributed by atoms with Crippen molar-refractivity contribution in [1.82, 2.24) is 4.98 Å². The van der Waals surface area contributed by atoms with Crippen molar-refractivity contribution in [3.05, 3.63) is 36.0 Å². The van der Waals surface area contributed by atoms with Gasteiger partial charge in [0.25, 0.3) is 10.1 Å². The molecule has 0 spiro atoms. The Kier molecular flexibility index (Phi) is 3.53. The number of fused-ring (bicyclic) bond motifs is 1. The first kappa shape index (κ1) is 12.9. The van der Waals surface area contributed by atoms with Crippen LogP contribution in [0.25, 0.3) is 10.9 Å². The summed E-state index contributed by atoms with van der Waals surface area (Å²) in [5.41, 5.74) is 0.894. The van der Waals surface area contributed by atoms with Crippen LogP contribution in [0.2, 0.25) is 0 Å². The minimum absolute atomic E-state index is 0.199. The number of para-hydroxylation sites is 1. The van der Waals surface area contributed by atoms with Gasteiger partial charge in [-0.15, -0.1) is 0 Å². The third-order valence-corrected chi connectivity index (χ3v) is 3.95. The van der Waals surface area contributed by atoms with Gasteiger partial charge >= 0.3 is 0 Å². The van der Waals surface area contributed by atoms with E-state index in [1.807, 2.05) is 6.07 Å². The number of benzene rings is 1. The molecule has 0 aliphatic carbocycles. The molecule has 0 amide bonds. The Morgan fingerprint density at radius 3 is 2.47 bits per heavy atom. The van der Waals surface area contributed by atoms with Crippen molar-refractivity contribution in [3.8, 4) is 0 Å². The van der Waals surface area contributed by atoms with Crippen molar-refractivity contribution in [2.24, 2.45) is 0 Å². The van der Waals surface area contributed by atoms with Crippen LogP contribution >= 0.6 is 31.9 Å². The number of hydrogen-bond donors (Lipinski definition) is 1. The molecule has 0 aliphatic rings. The first-order chi connectivity index (χ1) is 7.89.